The Morgan fingerprint density at radius 1 is 1.00 bits per heavy atom. The lowest BCUT2D eigenvalue weighted by Crippen LogP contribution is -2.56. The lowest BCUT2D eigenvalue weighted by Gasteiger charge is -2.36. The zero-order valence-electron chi connectivity index (χ0n) is 23.3. The van der Waals surface area contributed by atoms with E-state index in [0.29, 0.717) is 18.1 Å². The summed E-state index contributed by atoms with van der Waals surface area (Å²) in [6, 6.07) is 11.1. The lowest BCUT2D eigenvalue weighted by molar-refractivity contribution is -0.138. The maximum atomic E-state index is 13.4. The van der Waals surface area contributed by atoms with Crippen molar-refractivity contribution in [3.63, 3.8) is 0 Å². The van der Waals surface area contributed by atoms with Crippen LogP contribution in [-0.4, -0.2) is 101 Å². The predicted molar refractivity (Wildman–Crippen MR) is 149 cm³/mol. The Hall–Kier alpha value is -4.19. The first-order valence-corrected chi connectivity index (χ1v) is 13.9. The Morgan fingerprint density at radius 2 is 1.71 bits per heavy atom. The van der Waals surface area contributed by atoms with Gasteiger partial charge in [0, 0.05) is 50.3 Å². The van der Waals surface area contributed by atoms with Crippen molar-refractivity contribution in [1.82, 2.24) is 20.1 Å². The third-order valence-electron chi connectivity index (χ3n) is 6.53. The number of carboxylic acid groups (broad SMARTS) is 1. The number of amides is 3. The van der Waals surface area contributed by atoms with Gasteiger partial charge in [0.05, 0.1) is 18.9 Å². The Bertz CT molecular complexity index is 1170. The number of piperazine rings is 1. The highest BCUT2D eigenvalue weighted by molar-refractivity contribution is 5.97. The fraction of sp³-hybridized carbons (Fsp3) is 0.483. The number of nitrogens with zero attached hydrogens (tertiary/aromatic N) is 3. The van der Waals surface area contributed by atoms with Crippen molar-refractivity contribution in [2.45, 2.75) is 45.1 Å². The van der Waals surface area contributed by atoms with Crippen LogP contribution < -0.4 is 10.1 Å². The highest BCUT2D eigenvalue weighted by atomic mass is 16.6. The number of unbranched alkanes of at least 4 members (excludes halogenated alkanes) is 2. The molecule has 1 aliphatic rings. The van der Waals surface area contributed by atoms with Gasteiger partial charge in [-0.3, -0.25) is 14.4 Å². The Morgan fingerprint density at radius 3 is 2.37 bits per heavy atom. The van der Waals surface area contributed by atoms with E-state index in [2.05, 4.69) is 17.2 Å². The molecule has 12 nitrogen and oxygen atoms in total. The number of carbonyl (C=O) groups is 4. The summed E-state index contributed by atoms with van der Waals surface area (Å²) in [5.41, 5.74) is 1.16. The molecule has 1 saturated heterocycles. The van der Waals surface area contributed by atoms with Crippen LogP contribution in [0.3, 0.4) is 0 Å². The molecule has 2 aromatic rings. The second-order valence-corrected chi connectivity index (χ2v) is 9.60. The van der Waals surface area contributed by atoms with Gasteiger partial charge in [-0.1, -0.05) is 50.1 Å². The van der Waals surface area contributed by atoms with Gasteiger partial charge >= 0.3 is 12.1 Å². The van der Waals surface area contributed by atoms with Gasteiger partial charge in [-0.15, -0.1) is 0 Å². The third kappa shape index (κ3) is 9.75. The first kappa shape index (κ1) is 31.3. The molecule has 1 atom stereocenters. The highest BCUT2D eigenvalue weighted by Gasteiger charge is 2.31. The molecule has 3 amide bonds. The summed E-state index contributed by atoms with van der Waals surface area (Å²) in [5.74, 6) is -1.90. The minimum atomic E-state index is -1.12. The summed E-state index contributed by atoms with van der Waals surface area (Å²) in [4.78, 5) is 57.8. The van der Waals surface area contributed by atoms with Crippen LogP contribution in [0, 0.1) is 0 Å². The molecule has 0 saturated carbocycles. The zero-order valence-corrected chi connectivity index (χ0v) is 23.3. The molecule has 41 heavy (non-hydrogen) atoms. The maximum absolute atomic E-state index is 13.4. The number of carbonyl (C=O) groups excluding carboxylic acids is 3. The molecular formula is C29H38N4O8. The van der Waals surface area contributed by atoms with Crippen molar-refractivity contribution in [1.29, 1.82) is 0 Å². The highest BCUT2D eigenvalue weighted by Crippen LogP contribution is 2.23. The minimum absolute atomic E-state index is 0.0112. The number of pyridine rings is 1. The molecular weight excluding hydrogens is 532 g/mol. The molecule has 1 fully saturated rings. The van der Waals surface area contributed by atoms with E-state index in [1.165, 1.54) is 15.9 Å². The largest absolute Gasteiger partial charge is 0.491 e. The van der Waals surface area contributed by atoms with Gasteiger partial charge in [-0.05, 0) is 12.8 Å². The number of aromatic nitrogens is 1. The SMILES string of the molecule is CCCCCOC(=O)N1CCN(C(=O)[C@H](CCC(=O)O)NC(=O)c2cc(OCCO)cc(-c3ccccc3)n2)CC1. The lowest BCUT2D eigenvalue weighted by atomic mass is 10.1. The van der Waals surface area contributed by atoms with Crippen LogP contribution >= 0.6 is 0 Å². The van der Waals surface area contributed by atoms with E-state index in [-0.39, 0.29) is 57.9 Å². The van der Waals surface area contributed by atoms with Crippen molar-refractivity contribution in [3.8, 4) is 17.0 Å². The summed E-state index contributed by atoms with van der Waals surface area (Å²) >= 11 is 0. The second-order valence-electron chi connectivity index (χ2n) is 9.60. The molecule has 3 rings (SSSR count). The fourth-order valence-corrected chi connectivity index (χ4v) is 4.32. The molecule has 12 heteroatoms. The number of aliphatic hydroxyl groups excluding tert-OH is 1. The minimum Gasteiger partial charge on any atom is -0.491 e. The van der Waals surface area contributed by atoms with Crippen LogP contribution in [0.5, 0.6) is 5.75 Å². The number of hydrogen-bond acceptors (Lipinski definition) is 8. The molecule has 0 bridgehead atoms. The smallest absolute Gasteiger partial charge is 0.409 e. The summed E-state index contributed by atoms with van der Waals surface area (Å²) in [5, 5.41) is 21.1. The van der Waals surface area contributed by atoms with E-state index < -0.39 is 29.9 Å². The standard InChI is InChI=1S/C29H38N4O8/c1-2-3-7-17-41-29(39)33-14-12-32(13-15-33)28(38)23(10-11-26(35)36)31-27(37)25-20-22(40-18-16-34)19-24(30-25)21-8-5-4-6-9-21/h4-6,8-9,19-20,23,34H,2-3,7,10-18H2,1H3,(H,31,37)(H,35,36)/t23-/m0/s1. The van der Waals surface area contributed by atoms with Gasteiger partial charge in [0.15, 0.2) is 0 Å². The number of nitrogens with one attached hydrogen (secondary N) is 1. The molecule has 0 spiro atoms. The number of benzene rings is 1. The van der Waals surface area contributed by atoms with Crippen molar-refractivity contribution in [2.24, 2.45) is 0 Å². The van der Waals surface area contributed by atoms with E-state index in [4.69, 9.17) is 14.6 Å². The van der Waals surface area contributed by atoms with Crippen molar-refractivity contribution >= 4 is 23.9 Å². The average molecular weight is 571 g/mol. The van der Waals surface area contributed by atoms with Gasteiger partial charge in [-0.2, -0.15) is 0 Å². The molecule has 0 unspecified atom stereocenters. The monoisotopic (exact) mass is 570 g/mol. The summed E-state index contributed by atoms with van der Waals surface area (Å²) in [6.45, 7) is 3.19. The topological polar surface area (TPSA) is 159 Å². The predicted octanol–water partition coefficient (Wildman–Crippen LogP) is 2.55. The Balaban J connectivity index is 1.71. The zero-order chi connectivity index (χ0) is 29.6. The van der Waals surface area contributed by atoms with Crippen molar-refractivity contribution < 1.29 is 38.9 Å². The van der Waals surface area contributed by atoms with Gasteiger partial charge in [-0.25, -0.2) is 9.78 Å². The van der Waals surface area contributed by atoms with Crippen LogP contribution in [0.15, 0.2) is 42.5 Å². The van der Waals surface area contributed by atoms with Crippen LogP contribution in [0.1, 0.15) is 49.5 Å². The van der Waals surface area contributed by atoms with Gasteiger partial charge < -0.3 is 34.8 Å². The first-order chi connectivity index (χ1) is 19.8. The van der Waals surface area contributed by atoms with Crippen molar-refractivity contribution in [3.05, 3.63) is 48.2 Å². The molecule has 2 heterocycles. The Kier molecular flexibility index (Phi) is 12.4. The quantitative estimate of drug-likeness (QED) is 0.290. The number of aliphatic hydroxyl groups is 1. The molecule has 0 radical (unpaired) electrons. The van der Waals surface area contributed by atoms with Crippen LogP contribution in [0.4, 0.5) is 4.79 Å². The van der Waals surface area contributed by atoms with E-state index >= 15 is 0 Å². The number of aliphatic carboxylic acids is 1. The Labute approximate surface area is 239 Å². The van der Waals surface area contributed by atoms with Gasteiger partial charge in [0.25, 0.3) is 5.91 Å². The molecule has 3 N–H and O–H groups in total. The van der Waals surface area contributed by atoms with Crippen LogP contribution in [0.25, 0.3) is 11.3 Å². The molecule has 0 aliphatic carbocycles. The second kappa shape index (κ2) is 16.2. The third-order valence-corrected chi connectivity index (χ3v) is 6.53. The molecule has 222 valence electrons. The van der Waals surface area contributed by atoms with Gasteiger partial charge in [0.2, 0.25) is 5.91 Å². The number of ether oxygens (including phenoxy) is 2. The van der Waals surface area contributed by atoms with Crippen LogP contribution in [0.2, 0.25) is 0 Å². The summed E-state index contributed by atoms with van der Waals surface area (Å²) in [6.07, 6.45) is 1.92. The fourth-order valence-electron chi connectivity index (χ4n) is 4.32. The maximum Gasteiger partial charge on any atom is 0.409 e. The van der Waals surface area contributed by atoms with Crippen molar-refractivity contribution in [2.75, 3.05) is 46.0 Å². The first-order valence-electron chi connectivity index (χ1n) is 13.9. The van der Waals surface area contributed by atoms with Gasteiger partial charge in [0.1, 0.15) is 24.1 Å². The van der Waals surface area contributed by atoms with E-state index in [9.17, 15) is 24.3 Å². The number of hydrogen-bond donors (Lipinski definition) is 3. The number of carboxylic acids is 1. The van der Waals surface area contributed by atoms with E-state index in [0.717, 1.165) is 24.8 Å². The van der Waals surface area contributed by atoms with E-state index in [1.807, 2.05) is 30.3 Å². The summed E-state index contributed by atoms with van der Waals surface area (Å²) < 4.78 is 10.8. The summed E-state index contributed by atoms with van der Waals surface area (Å²) in [7, 11) is 0. The van der Waals surface area contributed by atoms with E-state index in [1.54, 1.807) is 6.07 Å². The molecule has 1 aromatic heterocycles. The number of rotatable bonds is 14. The molecule has 1 aromatic carbocycles. The normalized spacial score (nSPS) is 13.8. The van der Waals surface area contributed by atoms with Crippen LogP contribution in [-0.2, 0) is 14.3 Å². The molecule has 1 aliphatic heterocycles. The average Bonchev–Trinajstić information content (AvgIpc) is 3.00.